The standard InChI is InChI=1S/C24H17F3N6O3.ClH.Na/c25-16-11-21-13(2-1-5-28-21)8-15(16)12-33-23-20(30-32-33)4-3-19(29-23)14-9-17(26)22(18(27)10-14)24(35)31-36-7-6-34;;/h1-5,8-11,34H,6-7,12H2,(H,31,35);1H;. The van der Waals surface area contributed by atoms with Crippen LogP contribution in [0.1, 0.15) is 15.9 Å². The Balaban J connectivity index is 0.00000200. The molecule has 191 valence electrons. The molecule has 5 rings (SSSR count). The van der Waals surface area contributed by atoms with Gasteiger partial charge in [0.2, 0.25) is 0 Å². The number of hydroxylamine groups is 1. The molecule has 2 N–H and O–H groups in total. The van der Waals surface area contributed by atoms with Crippen LogP contribution in [-0.4, -0.2) is 78.7 Å². The zero-order valence-corrected chi connectivity index (χ0v) is 22.7. The molecule has 0 spiro atoms. The Bertz CT molecular complexity index is 1600. The molecular formula is C24H18ClF3N6NaO3. The van der Waals surface area contributed by atoms with Gasteiger partial charge in [-0.25, -0.2) is 28.3 Å². The molecule has 0 aliphatic carbocycles. The monoisotopic (exact) mass is 553 g/mol. The van der Waals surface area contributed by atoms with Gasteiger partial charge in [-0.3, -0.25) is 14.6 Å². The molecule has 14 heteroatoms. The van der Waals surface area contributed by atoms with E-state index < -0.39 is 28.9 Å². The molecule has 5 aromatic rings. The predicted octanol–water partition coefficient (Wildman–Crippen LogP) is 3.20. The van der Waals surface area contributed by atoms with Crippen LogP contribution in [0, 0.1) is 17.5 Å². The number of amides is 1. The first kappa shape index (κ1) is 29.4. The number of rotatable bonds is 7. The normalized spacial score (nSPS) is 10.7. The Labute approximate surface area is 241 Å². The minimum atomic E-state index is -1.14. The number of benzene rings is 2. The van der Waals surface area contributed by atoms with Crippen molar-refractivity contribution < 1.29 is 27.9 Å². The van der Waals surface area contributed by atoms with E-state index in [0.29, 0.717) is 16.6 Å². The van der Waals surface area contributed by atoms with E-state index >= 15 is 0 Å². The molecule has 3 heterocycles. The number of hydrogen-bond acceptors (Lipinski definition) is 7. The van der Waals surface area contributed by atoms with Crippen LogP contribution < -0.4 is 5.48 Å². The Morgan fingerprint density at radius 2 is 1.79 bits per heavy atom. The Morgan fingerprint density at radius 3 is 2.53 bits per heavy atom. The smallest absolute Gasteiger partial charge is 0.280 e. The number of hydrogen-bond donors (Lipinski definition) is 2. The third-order valence-electron chi connectivity index (χ3n) is 5.37. The molecule has 0 atom stereocenters. The largest absolute Gasteiger partial charge is 0.394 e. The molecular weight excluding hydrogens is 536 g/mol. The molecule has 0 bridgehead atoms. The fourth-order valence-electron chi connectivity index (χ4n) is 3.70. The molecule has 2 aromatic carbocycles. The van der Waals surface area contributed by atoms with E-state index in [1.807, 2.05) is 11.5 Å². The number of pyridine rings is 2. The number of halogens is 4. The molecule has 1 radical (unpaired) electrons. The van der Waals surface area contributed by atoms with Crippen molar-refractivity contribution in [3.05, 3.63) is 83.3 Å². The van der Waals surface area contributed by atoms with Gasteiger partial charge in [-0.2, -0.15) is 0 Å². The summed E-state index contributed by atoms with van der Waals surface area (Å²) in [6.07, 6.45) is 1.58. The number of aliphatic hydroxyl groups excluding tert-OH is 1. The van der Waals surface area contributed by atoms with Crippen LogP contribution in [0.5, 0.6) is 0 Å². The number of nitrogens with one attached hydrogen (secondary N) is 1. The van der Waals surface area contributed by atoms with Crippen molar-refractivity contribution in [1.29, 1.82) is 0 Å². The van der Waals surface area contributed by atoms with Gasteiger partial charge >= 0.3 is 0 Å². The molecule has 0 fully saturated rings. The minimum absolute atomic E-state index is 0. The van der Waals surface area contributed by atoms with Gasteiger partial charge < -0.3 is 5.11 Å². The molecule has 0 saturated heterocycles. The van der Waals surface area contributed by atoms with Crippen molar-refractivity contribution >= 4 is 69.9 Å². The van der Waals surface area contributed by atoms with E-state index in [0.717, 1.165) is 17.5 Å². The summed E-state index contributed by atoms with van der Waals surface area (Å²) < 4.78 is 45.3. The fourth-order valence-corrected chi connectivity index (χ4v) is 3.70. The summed E-state index contributed by atoms with van der Waals surface area (Å²) in [5.41, 5.74) is 2.81. The number of aromatic nitrogens is 5. The summed E-state index contributed by atoms with van der Waals surface area (Å²) in [5, 5.41) is 17.5. The first-order chi connectivity index (χ1) is 17.4. The number of fused-ring (bicyclic) bond motifs is 2. The Morgan fingerprint density at radius 1 is 1.03 bits per heavy atom. The van der Waals surface area contributed by atoms with Crippen molar-refractivity contribution in [1.82, 2.24) is 30.4 Å². The third kappa shape index (κ3) is 5.96. The molecule has 0 aliphatic heterocycles. The first-order valence-electron chi connectivity index (χ1n) is 10.7. The topological polar surface area (TPSA) is 115 Å². The van der Waals surface area contributed by atoms with Gasteiger partial charge in [0.15, 0.2) is 5.65 Å². The summed E-state index contributed by atoms with van der Waals surface area (Å²) in [6, 6.07) is 11.5. The maximum atomic E-state index is 14.7. The van der Waals surface area contributed by atoms with Crippen molar-refractivity contribution in [2.24, 2.45) is 0 Å². The van der Waals surface area contributed by atoms with Crippen molar-refractivity contribution in [3.63, 3.8) is 0 Å². The van der Waals surface area contributed by atoms with Crippen LogP contribution in [0.3, 0.4) is 0 Å². The minimum Gasteiger partial charge on any atom is -0.394 e. The number of carbonyl (C=O) groups excluding carboxylic acids is 1. The van der Waals surface area contributed by atoms with Crippen molar-refractivity contribution in [3.8, 4) is 11.3 Å². The van der Waals surface area contributed by atoms with Crippen molar-refractivity contribution in [2.45, 2.75) is 6.54 Å². The van der Waals surface area contributed by atoms with Gasteiger partial charge in [0, 0.05) is 58.3 Å². The molecule has 9 nitrogen and oxygen atoms in total. The fraction of sp³-hybridized carbons (Fsp3) is 0.125. The maximum absolute atomic E-state index is 14.7. The van der Waals surface area contributed by atoms with Gasteiger partial charge in [0.1, 0.15) is 28.5 Å². The number of carbonyl (C=O) groups is 1. The second-order valence-corrected chi connectivity index (χ2v) is 7.74. The van der Waals surface area contributed by atoms with Gasteiger partial charge in [-0.05, 0) is 36.4 Å². The van der Waals surface area contributed by atoms with Crippen LogP contribution in [-0.2, 0) is 11.4 Å². The number of nitrogens with zero attached hydrogens (tertiary/aromatic N) is 5. The number of aliphatic hydroxyl groups is 1. The van der Waals surface area contributed by atoms with Crippen LogP contribution >= 0.6 is 12.4 Å². The summed E-state index contributed by atoms with van der Waals surface area (Å²) in [5.74, 6) is -3.86. The molecule has 38 heavy (non-hydrogen) atoms. The summed E-state index contributed by atoms with van der Waals surface area (Å²) in [7, 11) is 0. The summed E-state index contributed by atoms with van der Waals surface area (Å²) in [4.78, 5) is 25.2. The zero-order valence-electron chi connectivity index (χ0n) is 19.9. The van der Waals surface area contributed by atoms with Crippen molar-refractivity contribution in [2.75, 3.05) is 13.2 Å². The van der Waals surface area contributed by atoms with E-state index in [-0.39, 0.29) is 78.6 Å². The summed E-state index contributed by atoms with van der Waals surface area (Å²) in [6.45, 7) is -0.605. The molecule has 0 unspecified atom stereocenters. The molecule has 3 aromatic heterocycles. The van der Waals surface area contributed by atoms with E-state index in [1.54, 1.807) is 24.4 Å². The van der Waals surface area contributed by atoms with E-state index in [4.69, 9.17) is 5.11 Å². The third-order valence-corrected chi connectivity index (χ3v) is 5.37. The van der Waals surface area contributed by atoms with Crippen LogP contribution in [0.4, 0.5) is 13.2 Å². The predicted molar refractivity (Wildman–Crippen MR) is 135 cm³/mol. The average Bonchev–Trinajstić information content (AvgIpc) is 3.26. The quantitative estimate of drug-likeness (QED) is 0.181. The Hall–Kier alpha value is -3.13. The zero-order chi connectivity index (χ0) is 25.2. The van der Waals surface area contributed by atoms with E-state index in [9.17, 15) is 18.0 Å². The second-order valence-electron chi connectivity index (χ2n) is 7.74. The van der Waals surface area contributed by atoms with Gasteiger partial charge in [-0.15, -0.1) is 17.5 Å². The van der Waals surface area contributed by atoms with Crippen LogP contribution in [0.2, 0.25) is 0 Å². The van der Waals surface area contributed by atoms with E-state index in [2.05, 4.69) is 25.1 Å². The van der Waals surface area contributed by atoms with Crippen LogP contribution in [0.15, 0.2) is 54.7 Å². The van der Waals surface area contributed by atoms with E-state index in [1.165, 1.54) is 16.8 Å². The first-order valence-corrected chi connectivity index (χ1v) is 10.7. The SMILES string of the molecule is Cl.O=C(NOCCO)c1c(F)cc(-c2ccc3nnn(Cc4cc5cccnc5cc4F)c3n2)cc1F.[Na]. The molecule has 0 aliphatic rings. The second kappa shape index (κ2) is 12.6. The Kier molecular flexibility index (Phi) is 9.77. The molecule has 0 saturated carbocycles. The summed E-state index contributed by atoms with van der Waals surface area (Å²) >= 11 is 0. The molecule has 1 amide bonds. The average molecular weight is 554 g/mol. The van der Waals surface area contributed by atoms with Gasteiger partial charge in [-0.1, -0.05) is 11.3 Å². The van der Waals surface area contributed by atoms with Gasteiger partial charge in [0.25, 0.3) is 5.91 Å². The van der Waals surface area contributed by atoms with Crippen LogP contribution in [0.25, 0.3) is 33.3 Å². The maximum Gasteiger partial charge on any atom is 0.280 e. The van der Waals surface area contributed by atoms with Gasteiger partial charge in [0.05, 0.1) is 31.0 Å².